The number of ether oxygens (including phenoxy) is 1. The molecule has 0 aliphatic carbocycles. The Morgan fingerprint density at radius 3 is 2.65 bits per heavy atom. The number of phenols is 1. The summed E-state index contributed by atoms with van der Waals surface area (Å²) in [5, 5.41) is 18.9. The molecule has 1 saturated heterocycles. The molecular formula is C15H18N2O3. The van der Waals surface area contributed by atoms with Crippen LogP contribution in [0.15, 0.2) is 18.2 Å². The molecule has 1 amide bonds. The predicted octanol–water partition coefficient (Wildman–Crippen LogP) is 2.17. The van der Waals surface area contributed by atoms with E-state index in [1.165, 1.54) is 19.2 Å². The Hall–Kier alpha value is -2.22. The summed E-state index contributed by atoms with van der Waals surface area (Å²) in [6.45, 7) is 2.97. The van der Waals surface area contributed by atoms with Crippen molar-refractivity contribution in [2.24, 2.45) is 5.41 Å². The number of methoxy groups -OCH3 is 1. The lowest BCUT2D eigenvalue weighted by atomic mass is 9.82. The van der Waals surface area contributed by atoms with E-state index in [0.717, 1.165) is 0 Å². The number of carbonyl (C=O) groups is 1. The number of benzene rings is 1. The molecule has 0 bridgehead atoms. The first-order chi connectivity index (χ1) is 9.49. The molecule has 0 unspecified atom stereocenters. The summed E-state index contributed by atoms with van der Waals surface area (Å²) in [4.78, 5) is 14.1. The maximum Gasteiger partial charge on any atom is 0.257 e. The van der Waals surface area contributed by atoms with Crippen molar-refractivity contribution in [2.75, 3.05) is 20.2 Å². The fourth-order valence-electron chi connectivity index (χ4n) is 2.30. The Bertz CT molecular complexity index is 555. The monoisotopic (exact) mass is 274 g/mol. The van der Waals surface area contributed by atoms with Gasteiger partial charge >= 0.3 is 0 Å². The van der Waals surface area contributed by atoms with E-state index in [1.54, 1.807) is 11.0 Å². The van der Waals surface area contributed by atoms with Crippen LogP contribution in [0.2, 0.25) is 0 Å². The SMILES string of the molecule is COc1ccc(O)c(C(=O)N2CCC(C)(C#N)CC2)c1. The van der Waals surface area contributed by atoms with Crippen LogP contribution in [0.1, 0.15) is 30.1 Å². The molecule has 106 valence electrons. The van der Waals surface area contributed by atoms with Gasteiger partial charge in [0.1, 0.15) is 11.5 Å². The number of nitrogens with zero attached hydrogens (tertiary/aromatic N) is 2. The maximum atomic E-state index is 12.4. The van der Waals surface area contributed by atoms with Crippen molar-refractivity contribution < 1.29 is 14.6 Å². The first kappa shape index (κ1) is 14.2. The number of aromatic hydroxyl groups is 1. The van der Waals surface area contributed by atoms with Gasteiger partial charge < -0.3 is 14.7 Å². The summed E-state index contributed by atoms with van der Waals surface area (Å²) in [5.41, 5.74) is -0.113. The minimum Gasteiger partial charge on any atom is -0.507 e. The molecule has 1 aliphatic rings. The molecule has 1 aromatic rings. The molecular weight excluding hydrogens is 256 g/mol. The lowest BCUT2D eigenvalue weighted by Crippen LogP contribution is -2.41. The van der Waals surface area contributed by atoms with Crippen LogP contribution in [0, 0.1) is 16.7 Å². The van der Waals surface area contributed by atoms with Crippen molar-refractivity contribution >= 4 is 5.91 Å². The number of amides is 1. The van der Waals surface area contributed by atoms with Crippen LogP contribution in [-0.2, 0) is 0 Å². The Kier molecular flexibility index (Phi) is 3.84. The van der Waals surface area contributed by atoms with Crippen molar-refractivity contribution in [3.8, 4) is 17.6 Å². The van der Waals surface area contributed by atoms with Gasteiger partial charge in [0.15, 0.2) is 0 Å². The van der Waals surface area contributed by atoms with Gasteiger partial charge in [0, 0.05) is 13.1 Å². The van der Waals surface area contributed by atoms with Crippen LogP contribution < -0.4 is 4.74 Å². The van der Waals surface area contributed by atoms with E-state index in [0.29, 0.717) is 31.7 Å². The quantitative estimate of drug-likeness (QED) is 0.897. The summed E-state index contributed by atoms with van der Waals surface area (Å²) >= 11 is 0. The van der Waals surface area contributed by atoms with E-state index in [-0.39, 0.29) is 22.6 Å². The topological polar surface area (TPSA) is 73.6 Å². The summed E-state index contributed by atoms with van der Waals surface area (Å²) in [6.07, 6.45) is 1.31. The zero-order chi connectivity index (χ0) is 14.8. The highest BCUT2D eigenvalue weighted by Crippen LogP contribution is 2.32. The smallest absolute Gasteiger partial charge is 0.257 e. The molecule has 0 spiro atoms. The highest BCUT2D eigenvalue weighted by atomic mass is 16.5. The van der Waals surface area contributed by atoms with Gasteiger partial charge in [-0.25, -0.2) is 0 Å². The number of hydrogen-bond acceptors (Lipinski definition) is 4. The van der Waals surface area contributed by atoms with Gasteiger partial charge in [-0.1, -0.05) is 0 Å². The third-order valence-corrected chi connectivity index (χ3v) is 3.86. The Morgan fingerprint density at radius 1 is 1.45 bits per heavy atom. The van der Waals surface area contributed by atoms with Crippen LogP contribution in [-0.4, -0.2) is 36.1 Å². The normalized spacial score (nSPS) is 17.4. The van der Waals surface area contributed by atoms with Gasteiger partial charge in [-0.05, 0) is 38.0 Å². The summed E-state index contributed by atoms with van der Waals surface area (Å²) in [7, 11) is 1.51. The number of nitriles is 1. The number of carbonyl (C=O) groups excluding carboxylic acids is 1. The molecule has 1 fully saturated rings. The van der Waals surface area contributed by atoms with Gasteiger partial charge in [-0.15, -0.1) is 0 Å². The predicted molar refractivity (Wildman–Crippen MR) is 73.5 cm³/mol. The third kappa shape index (κ3) is 2.69. The van der Waals surface area contributed by atoms with Crippen molar-refractivity contribution in [2.45, 2.75) is 19.8 Å². The second-order valence-corrected chi connectivity index (χ2v) is 5.35. The molecule has 0 saturated carbocycles. The molecule has 0 atom stereocenters. The molecule has 5 nitrogen and oxygen atoms in total. The highest BCUT2D eigenvalue weighted by molar-refractivity contribution is 5.97. The first-order valence-electron chi connectivity index (χ1n) is 6.56. The van der Waals surface area contributed by atoms with E-state index in [2.05, 4.69) is 6.07 Å². The minimum absolute atomic E-state index is 0.0515. The zero-order valence-corrected chi connectivity index (χ0v) is 11.7. The second kappa shape index (κ2) is 5.41. The number of phenolic OH excluding ortho intramolecular Hbond substituents is 1. The van der Waals surface area contributed by atoms with Crippen LogP contribution in [0.3, 0.4) is 0 Å². The molecule has 1 aromatic carbocycles. The minimum atomic E-state index is -0.354. The highest BCUT2D eigenvalue weighted by Gasteiger charge is 2.32. The number of piperidine rings is 1. The van der Waals surface area contributed by atoms with E-state index >= 15 is 0 Å². The number of hydrogen-bond donors (Lipinski definition) is 1. The molecule has 1 N–H and O–H groups in total. The van der Waals surface area contributed by atoms with Crippen molar-refractivity contribution in [1.82, 2.24) is 4.90 Å². The van der Waals surface area contributed by atoms with E-state index < -0.39 is 0 Å². The van der Waals surface area contributed by atoms with Gasteiger partial charge in [0.05, 0.1) is 24.2 Å². The number of rotatable bonds is 2. The molecule has 1 aliphatic heterocycles. The van der Waals surface area contributed by atoms with Crippen LogP contribution in [0.5, 0.6) is 11.5 Å². The standard InChI is InChI=1S/C15H18N2O3/c1-15(10-16)5-7-17(8-6-15)14(19)12-9-11(20-2)3-4-13(12)18/h3-4,9,18H,5-8H2,1-2H3. The van der Waals surface area contributed by atoms with Gasteiger partial charge in [0.2, 0.25) is 0 Å². The van der Waals surface area contributed by atoms with Gasteiger partial charge in [-0.2, -0.15) is 5.26 Å². The van der Waals surface area contributed by atoms with Gasteiger partial charge in [-0.3, -0.25) is 4.79 Å². The van der Waals surface area contributed by atoms with E-state index in [9.17, 15) is 9.90 Å². The second-order valence-electron chi connectivity index (χ2n) is 5.35. The van der Waals surface area contributed by atoms with Crippen molar-refractivity contribution in [3.05, 3.63) is 23.8 Å². The molecule has 0 radical (unpaired) electrons. The Labute approximate surface area is 118 Å². The van der Waals surface area contributed by atoms with Crippen LogP contribution >= 0.6 is 0 Å². The average Bonchev–Trinajstić information content (AvgIpc) is 2.48. The summed E-state index contributed by atoms with van der Waals surface area (Å²) in [6, 6.07) is 6.90. The molecule has 1 heterocycles. The fraction of sp³-hybridized carbons (Fsp3) is 0.467. The van der Waals surface area contributed by atoms with Crippen LogP contribution in [0.25, 0.3) is 0 Å². The van der Waals surface area contributed by atoms with E-state index in [4.69, 9.17) is 10.00 Å². The third-order valence-electron chi connectivity index (χ3n) is 3.86. The molecule has 0 aromatic heterocycles. The van der Waals surface area contributed by atoms with Crippen molar-refractivity contribution in [1.29, 1.82) is 5.26 Å². The number of likely N-dealkylation sites (tertiary alicyclic amines) is 1. The zero-order valence-electron chi connectivity index (χ0n) is 11.7. The average molecular weight is 274 g/mol. The maximum absolute atomic E-state index is 12.4. The Morgan fingerprint density at radius 2 is 2.10 bits per heavy atom. The van der Waals surface area contributed by atoms with Crippen molar-refractivity contribution in [3.63, 3.8) is 0 Å². The summed E-state index contributed by atoms with van der Waals surface area (Å²) < 4.78 is 5.07. The first-order valence-corrected chi connectivity index (χ1v) is 6.56. The Balaban J connectivity index is 2.15. The molecule has 20 heavy (non-hydrogen) atoms. The molecule has 2 rings (SSSR count). The van der Waals surface area contributed by atoms with E-state index in [1.807, 2.05) is 6.92 Å². The lowest BCUT2D eigenvalue weighted by molar-refractivity contribution is 0.0658. The lowest BCUT2D eigenvalue weighted by Gasteiger charge is -2.35. The van der Waals surface area contributed by atoms with Crippen LogP contribution in [0.4, 0.5) is 0 Å². The summed E-state index contributed by atoms with van der Waals surface area (Å²) in [5.74, 6) is 0.260. The largest absolute Gasteiger partial charge is 0.507 e. The fourth-order valence-corrected chi connectivity index (χ4v) is 2.30. The van der Waals surface area contributed by atoms with Gasteiger partial charge in [0.25, 0.3) is 5.91 Å². The molecule has 5 heteroatoms.